The highest BCUT2D eigenvalue weighted by Gasteiger charge is 2.09. The molecule has 0 fully saturated rings. The van der Waals surface area contributed by atoms with Crippen molar-refractivity contribution in [3.8, 4) is 5.75 Å². The van der Waals surface area contributed by atoms with Gasteiger partial charge in [0.15, 0.2) is 6.29 Å². The van der Waals surface area contributed by atoms with Crippen LogP contribution in [-0.2, 0) is 6.61 Å². The zero-order valence-corrected chi connectivity index (χ0v) is 10.8. The monoisotopic (exact) mass is 263 g/mol. The van der Waals surface area contributed by atoms with E-state index in [0.717, 1.165) is 22.8 Å². The van der Waals surface area contributed by atoms with E-state index in [-0.39, 0.29) is 0 Å². The number of nitrogens with zero attached hydrogens (tertiary/aromatic N) is 1. The lowest BCUT2D eigenvalue weighted by atomic mass is 10.1. The van der Waals surface area contributed by atoms with Crippen molar-refractivity contribution in [3.63, 3.8) is 0 Å². The number of rotatable bonds is 4. The van der Waals surface area contributed by atoms with E-state index in [2.05, 4.69) is 4.98 Å². The van der Waals surface area contributed by atoms with E-state index in [4.69, 9.17) is 4.74 Å². The molecule has 0 aliphatic carbocycles. The molecule has 0 bridgehead atoms. The van der Waals surface area contributed by atoms with Gasteiger partial charge in [-0.2, -0.15) is 0 Å². The molecule has 1 aromatic heterocycles. The number of carbonyl (C=O) groups excluding carboxylic acids is 1. The number of carbonyl (C=O) groups is 1. The predicted octanol–water partition coefficient (Wildman–Crippen LogP) is 3.63. The first-order valence-corrected chi connectivity index (χ1v) is 6.38. The Morgan fingerprint density at radius 2 is 1.85 bits per heavy atom. The van der Waals surface area contributed by atoms with Crippen LogP contribution < -0.4 is 4.74 Å². The fourth-order valence-corrected chi connectivity index (χ4v) is 2.13. The fourth-order valence-electron chi connectivity index (χ4n) is 2.13. The standard InChI is InChI=1S/C17H13NO2/c19-11-14-8-9-16-15(7-4-10-18-16)17(14)20-12-13-5-2-1-3-6-13/h1-11H,12H2. The molecule has 0 saturated heterocycles. The Morgan fingerprint density at radius 3 is 2.65 bits per heavy atom. The third-order valence-corrected chi connectivity index (χ3v) is 3.12. The summed E-state index contributed by atoms with van der Waals surface area (Å²) in [6, 6.07) is 17.2. The molecule has 3 aromatic rings. The Kier molecular flexibility index (Phi) is 3.42. The van der Waals surface area contributed by atoms with E-state index in [9.17, 15) is 4.79 Å². The first kappa shape index (κ1) is 12.4. The highest BCUT2D eigenvalue weighted by molar-refractivity contribution is 5.94. The van der Waals surface area contributed by atoms with Gasteiger partial charge in [-0.05, 0) is 29.8 Å². The number of fused-ring (bicyclic) bond motifs is 1. The topological polar surface area (TPSA) is 39.2 Å². The minimum atomic E-state index is 0.426. The van der Waals surface area contributed by atoms with Crippen molar-refractivity contribution < 1.29 is 9.53 Å². The second-order valence-electron chi connectivity index (χ2n) is 4.45. The highest BCUT2D eigenvalue weighted by Crippen LogP contribution is 2.28. The zero-order chi connectivity index (χ0) is 13.8. The van der Waals surface area contributed by atoms with Crippen LogP contribution >= 0.6 is 0 Å². The first-order valence-electron chi connectivity index (χ1n) is 6.38. The van der Waals surface area contributed by atoms with E-state index >= 15 is 0 Å². The Balaban J connectivity index is 1.98. The van der Waals surface area contributed by atoms with Crippen LogP contribution in [0.1, 0.15) is 15.9 Å². The summed E-state index contributed by atoms with van der Waals surface area (Å²) in [5.74, 6) is 0.592. The van der Waals surface area contributed by atoms with E-state index < -0.39 is 0 Å². The molecule has 3 heteroatoms. The molecule has 20 heavy (non-hydrogen) atoms. The van der Waals surface area contributed by atoms with Crippen LogP contribution in [0.15, 0.2) is 60.8 Å². The molecule has 0 atom stereocenters. The largest absolute Gasteiger partial charge is 0.487 e. The molecule has 1 heterocycles. The van der Waals surface area contributed by atoms with Crippen molar-refractivity contribution in [3.05, 3.63) is 71.9 Å². The molecule has 98 valence electrons. The third kappa shape index (κ3) is 2.38. The molecule has 2 aromatic carbocycles. The summed E-state index contributed by atoms with van der Waals surface area (Å²) in [5.41, 5.74) is 2.42. The van der Waals surface area contributed by atoms with Gasteiger partial charge in [-0.15, -0.1) is 0 Å². The quantitative estimate of drug-likeness (QED) is 0.675. The van der Waals surface area contributed by atoms with Crippen molar-refractivity contribution in [2.24, 2.45) is 0 Å². The number of ether oxygens (including phenoxy) is 1. The van der Waals surface area contributed by atoms with Crippen molar-refractivity contribution in [2.75, 3.05) is 0 Å². The number of hydrogen-bond donors (Lipinski definition) is 0. The second kappa shape index (κ2) is 5.53. The number of aldehydes is 1. The summed E-state index contributed by atoms with van der Waals surface area (Å²) in [5, 5.41) is 0.855. The highest BCUT2D eigenvalue weighted by atomic mass is 16.5. The van der Waals surface area contributed by atoms with Crippen LogP contribution in [-0.4, -0.2) is 11.3 Å². The minimum Gasteiger partial charge on any atom is -0.487 e. The molecule has 0 aliphatic rings. The summed E-state index contributed by atoms with van der Waals surface area (Å²) in [6.45, 7) is 0.426. The van der Waals surface area contributed by atoms with Crippen LogP contribution in [0.2, 0.25) is 0 Å². The lowest BCUT2D eigenvalue weighted by Gasteiger charge is -2.11. The average molecular weight is 263 g/mol. The van der Waals surface area contributed by atoms with Gasteiger partial charge in [0.2, 0.25) is 0 Å². The summed E-state index contributed by atoms with van der Waals surface area (Å²) < 4.78 is 5.86. The van der Waals surface area contributed by atoms with E-state index in [0.29, 0.717) is 17.9 Å². The Morgan fingerprint density at radius 1 is 1.00 bits per heavy atom. The SMILES string of the molecule is O=Cc1ccc2ncccc2c1OCc1ccccc1. The molecular weight excluding hydrogens is 250 g/mol. The molecule has 0 saturated carbocycles. The van der Waals surface area contributed by atoms with Crippen molar-refractivity contribution in [1.82, 2.24) is 4.98 Å². The van der Waals surface area contributed by atoms with Gasteiger partial charge in [0.1, 0.15) is 12.4 Å². The van der Waals surface area contributed by atoms with Crippen LogP contribution in [0, 0.1) is 0 Å². The Hall–Kier alpha value is -2.68. The van der Waals surface area contributed by atoms with Crippen LogP contribution in [0.4, 0.5) is 0 Å². The third-order valence-electron chi connectivity index (χ3n) is 3.12. The van der Waals surface area contributed by atoms with E-state index in [1.807, 2.05) is 48.5 Å². The normalized spacial score (nSPS) is 10.4. The maximum Gasteiger partial charge on any atom is 0.153 e. The Labute approximate surface area is 116 Å². The van der Waals surface area contributed by atoms with Crippen LogP contribution in [0.5, 0.6) is 5.75 Å². The molecular formula is C17H13NO2. The lowest BCUT2D eigenvalue weighted by molar-refractivity contribution is 0.111. The van der Waals surface area contributed by atoms with Crippen LogP contribution in [0.3, 0.4) is 0 Å². The van der Waals surface area contributed by atoms with Gasteiger partial charge < -0.3 is 4.74 Å². The van der Waals surface area contributed by atoms with E-state index in [1.54, 1.807) is 12.3 Å². The van der Waals surface area contributed by atoms with Gasteiger partial charge in [0.25, 0.3) is 0 Å². The molecule has 0 spiro atoms. The van der Waals surface area contributed by atoms with Gasteiger partial charge in [-0.25, -0.2) is 0 Å². The maximum absolute atomic E-state index is 11.2. The first-order chi connectivity index (χ1) is 9.88. The predicted molar refractivity (Wildman–Crippen MR) is 77.9 cm³/mol. The van der Waals surface area contributed by atoms with Gasteiger partial charge in [0, 0.05) is 11.6 Å². The minimum absolute atomic E-state index is 0.426. The Bertz CT molecular complexity index is 738. The van der Waals surface area contributed by atoms with Gasteiger partial charge in [-0.3, -0.25) is 9.78 Å². The average Bonchev–Trinajstić information content (AvgIpc) is 2.53. The molecule has 0 N–H and O–H groups in total. The van der Waals surface area contributed by atoms with Gasteiger partial charge >= 0.3 is 0 Å². The number of aromatic nitrogens is 1. The molecule has 3 rings (SSSR count). The van der Waals surface area contributed by atoms with Gasteiger partial charge in [0.05, 0.1) is 11.1 Å². The zero-order valence-electron chi connectivity index (χ0n) is 10.8. The van der Waals surface area contributed by atoms with Crippen molar-refractivity contribution in [1.29, 1.82) is 0 Å². The lowest BCUT2D eigenvalue weighted by Crippen LogP contribution is -1.99. The van der Waals surface area contributed by atoms with E-state index in [1.165, 1.54) is 0 Å². The maximum atomic E-state index is 11.2. The molecule has 3 nitrogen and oxygen atoms in total. The second-order valence-corrected chi connectivity index (χ2v) is 4.45. The van der Waals surface area contributed by atoms with Gasteiger partial charge in [-0.1, -0.05) is 30.3 Å². The summed E-state index contributed by atoms with van der Waals surface area (Å²) >= 11 is 0. The number of pyridine rings is 1. The number of hydrogen-bond acceptors (Lipinski definition) is 3. The fraction of sp³-hybridized carbons (Fsp3) is 0.0588. The van der Waals surface area contributed by atoms with Crippen molar-refractivity contribution in [2.45, 2.75) is 6.61 Å². The summed E-state index contributed by atoms with van der Waals surface area (Å²) in [7, 11) is 0. The summed E-state index contributed by atoms with van der Waals surface area (Å²) in [4.78, 5) is 15.5. The molecule has 0 unspecified atom stereocenters. The summed E-state index contributed by atoms with van der Waals surface area (Å²) in [6.07, 6.45) is 2.54. The molecule has 0 aliphatic heterocycles. The smallest absolute Gasteiger partial charge is 0.153 e. The van der Waals surface area contributed by atoms with Crippen molar-refractivity contribution >= 4 is 17.2 Å². The van der Waals surface area contributed by atoms with Crippen LogP contribution in [0.25, 0.3) is 10.9 Å². The molecule has 0 amide bonds. The number of benzene rings is 2. The molecule has 0 radical (unpaired) electrons.